The molecule has 0 unspecified atom stereocenters. The van der Waals surface area contributed by atoms with Crippen molar-refractivity contribution < 1.29 is 4.79 Å². The van der Waals surface area contributed by atoms with Crippen LogP contribution in [0.15, 0.2) is 0 Å². The molecule has 0 N–H and O–H groups in total. The van der Waals surface area contributed by atoms with Crippen molar-refractivity contribution in [3.63, 3.8) is 0 Å². The van der Waals surface area contributed by atoms with Crippen LogP contribution in [0.25, 0.3) is 0 Å². The molecule has 1 aliphatic rings. The Balaban J connectivity index is 1.76. The van der Waals surface area contributed by atoms with E-state index in [4.69, 9.17) is 0 Å². The monoisotopic (exact) mass is 252 g/mol. The summed E-state index contributed by atoms with van der Waals surface area (Å²) in [5.74, 6) is 1.29. The SMILES string of the molecule is CCCCCCCCCCCC(=O)CC1CCC1. The van der Waals surface area contributed by atoms with Crippen molar-refractivity contribution in [2.75, 3.05) is 0 Å². The number of hydrogen-bond acceptors (Lipinski definition) is 1. The molecule has 1 nitrogen and oxygen atoms in total. The number of ketones is 1. The topological polar surface area (TPSA) is 17.1 Å². The van der Waals surface area contributed by atoms with Gasteiger partial charge in [0.2, 0.25) is 0 Å². The first kappa shape index (κ1) is 15.7. The molecule has 0 atom stereocenters. The van der Waals surface area contributed by atoms with Crippen LogP contribution in [0.1, 0.15) is 96.8 Å². The third-order valence-corrected chi connectivity index (χ3v) is 4.30. The smallest absolute Gasteiger partial charge is 0.133 e. The number of carbonyl (C=O) groups is 1. The molecule has 1 fully saturated rings. The Morgan fingerprint density at radius 2 is 1.44 bits per heavy atom. The summed E-state index contributed by atoms with van der Waals surface area (Å²) < 4.78 is 0. The van der Waals surface area contributed by atoms with E-state index in [1.807, 2.05) is 0 Å². The number of carbonyl (C=O) groups excluding carboxylic acids is 1. The standard InChI is InChI=1S/C17H32O/c1-2-3-4-5-6-7-8-9-10-14-17(18)15-16-12-11-13-16/h16H,2-15H2,1H3. The molecule has 0 aromatic carbocycles. The largest absolute Gasteiger partial charge is 0.300 e. The zero-order valence-electron chi connectivity index (χ0n) is 12.4. The quantitative estimate of drug-likeness (QED) is 0.409. The molecule has 1 rings (SSSR count). The Kier molecular flexibility index (Phi) is 9.24. The van der Waals surface area contributed by atoms with E-state index in [1.54, 1.807) is 0 Å². The molecule has 0 saturated heterocycles. The van der Waals surface area contributed by atoms with Crippen LogP contribution in [0, 0.1) is 5.92 Å². The van der Waals surface area contributed by atoms with Gasteiger partial charge in [0.25, 0.3) is 0 Å². The summed E-state index contributed by atoms with van der Waals surface area (Å²) in [6, 6.07) is 0. The third-order valence-electron chi connectivity index (χ3n) is 4.30. The van der Waals surface area contributed by atoms with E-state index >= 15 is 0 Å². The average Bonchev–Trinajstić information content (AvgIpc) is 2.32. The van der Waals surface area contributed by atoms with Gasteiger partial charge in [-0.25, -0.2) is 0 Å². The molecule has 0 aliphatic heterocycles. The van der Waals surface area contributed by atoms with E-state index in [1.165, 1.54) is 70.6 Å². The molecular formula is C17H32O. The van der Waals surface area contributed by atoms with Crippen LogP contribution in [0.2, 0.25) is 0 Å². The Bertz CT molecular complexity index is 206. The summed E-state index contributed by atoms with van der Waals surface area (Å²) in [5.41, 5.74) is 0. The Morgan fingerprint density at radius 3 is 1.94 bits per heavy atom. The van der Waals surface area contributed by atoms with Gasteiger partial charge < -0.3 is 0 Å². The Morgan fingerprint density at radius 1 is 0.889 bits per heavy atom. The van der Waals surface area contributed by atoms with E-state index in [0.717, 1.165) is 25.2 Å². The summed E-state index contributed by atoms with van der Waals surface area (Å²) in [5, 5.41) is 0. The molecule has 0 aromatic heterocycles. The molecule has 0 radical (unpaired) electrons. The minimum atomic E-state index is 0.530. The van der Waals surface area contributed by atoms with E-state index in [9.17, 15) is 4.79 Å². The highest BCUT2D eigenvalue weighted by Crippen LogP contribution is 2.30. The van der Waals surface area contributed by atoms with Crippen LogP contribution in [0.3, 0.4) is 0 Å². The normalized spacial score (nSPS) is 15.6. The van der Waals surface area contributed by atoms with Gasteiger partial charge in [-0.2, -0.15) is 0 Å². The fraction of sp³-hybridized carbons (Fsp3) is 0.941. The second-order valence-electron chi connectivity index (χ2n) is 6.12. The van der Waals surface area contributed by atoms with Crippen LogP contribution in [0.4, 0.5) is 0 Å². The van der Waals surface area contributed by atoms with Gasteiger partial charge >= 0.3 is 0 Å². The minimum absolute atomic E-state index is 0.530. The molecule has 1 aliphatic carbocycles. The van der Waals surface area contributed by atoms with Crippen LogP contribution in [0.5, 0.6) is 0 Å². The first-order valence-electron chi connectivity index (χ1n) is 8.34. The first-order valence-corrected chi connectivity index (χ1v) is 8.34. The molecule has 0 spiro atoms. The lowest BCUT2D eigenvalue weighted by Crippen LogP contribution is -2.15. The van der Waals surface area contributed by atoms with Gasteiger partial charge in [0.05, 0.1) is 0 Å². The highest BCUT2D eigenvalue weighted by Gasteiger charge is 2.19. The molecule has 0 amide bonds. The van der Waals surface area contributed by atoms with E-state index in [2.05, 4.69) is 6.92 Å². The minimum Gasteiger partial charge on any atom is -0.300 e. The molecule has 0 heterocycles. The van der Waals surface area contributed by atoms with Gasteiger partial charge in [-0.05, 0) is 12.3 Å². The lowest BCUT2D eigenvalue weighted by molar-refractivity contribution is -0.120. The first-order chi connectivity index (χ1) is 8.83. The van der Waals surface area contributed by atoms with Crippen molar-refractivity contribution in [1.82, 2.24) is 0 Å². The predicted octanol–water partition coefficient (Wildman–Crippen LogP) is 5.67. The van der Waals surface area contributed by atoms with Gasteiger partial charge in [-0.3, -0.25) is 4.79 Å². The summed E-state index contributed by atoms with van der Waals surface area (Å²) in [6.45, 7) is 2.26. The van der Waals surface area contributed by atoms with E-state index in [-0.39, 0.29) is 0 Å². The summed E-state index contributed by atoms with van der Waals surface area (Å²) in [6.07, 6.45) is 17.8. The number of unbranched alkanes of at least 4 members (excludes halogenated alkanes) is 8. The van der Waals surface area contributed by atoms with Gasteiger partial charge in [-0.15, -0.1) is 0 Å². The Labute approximate surface area is 114 Å². The third kappa shape index (κ3) is 7.89. The summed E-state index contributed by atoms with van der Waals surface area (Å²) in [4.78, 5) is 11.7. The highest BCUT2D eigenvalue weighted by molar-refractivity contribution is 5.78. The molecule has 106 valence electrons. The van der Waals surface area contributed by atoms with Crippen molar-refractivity contribution in [2.24, 2.45) is 5.92 Å². The van der Waals surface area contributed by atoms with Crippen LogP contribution in [-0.2, 0) is 4.79 Å². The van der Waals surface area contributed by atoms with Gasteiger partial charge in [0, 0.05) is 12.8 Å². The van der Waals surface area contributed by atoms with E-state index in [0.29, 0.717) is 5.78 Å². The average molecular weight is 252 g/mol. The summed E-state index contributed by atoms with van der Waals surface area (Å²) >= 11 is 0. The Hall–Kier alpha value is -0.330. The molecule has 1 saturated carbocycles. The highest BCUT2D eigenvalue weighted by atomic mass is 16.1. The van der Waals surface area contributed by atoms with Gasteiger partial charge in [0.1, 0.15) is 5.78 Å². The van der Waals surface area contributed by atoms with Crippen LogP contribution >= 0.6 is 0 Å². The number of hydrogen-bond donors (Lipinski definition) is 0. The molecule has 18 heavy (non-hydrogen) atoms. The van der Waals surface area contributed by atoms with Crippen LogP contribution < -0.4 is 0 Å². The number of Topliss-reactive ketones (excluding diaryl/α,β-unsaturated/α-hetero) is 1. The second kappa shape index (κ2) is 10.6. The second-order valence-corrected chi connectivity index (χ2v) is 6.12. The zero-order valence-corrected chi connectivity index (χ0v) is 12.4. The van der Waals surface area contributed by atoms with Crippen molar-refractivity contribution in [3.8, 4) is 0 Å². The number of rotatable bonds is 12. The maximum atomic E-state index is 11.7. The lowest BCUT2D eigenvalue weighted by atomic mass is 9.81. The maximum Gasteiger partial charge on any atom is 0.133 e. The van der Waals surface area contributed by atoms with Gasteiger partial charge in [0.15, 0.2) is 0 Å². The molecule has 0 bridgehead atoms. The maximum absolute atomic E-state index is 11.7. The lowest BCUT2D eigenvalue weighted by Gasteiger charge is -2.24. The molecular weight excluding hydrogens is 220 g/mol. The van der Waals surface area contributed by atoms with Gasteiger partial charge in [-0.1, -0.05) is 77.6 Å². The van der Waals surface area contributed by atoms with Crippen LogP contribution in [-0.4, -0.2) is 5.78 Å². The van der Waals surface area contributed by atoms with Crippen molar-refractivity contribution in [3.05, 3.63) is 0 Å². The van der Waals surface area contributed by atoms with Crippen molar-refractivity contribution in [2.45, 2.75) is 96.8 Å². The zero-order chi connectivity index (χ0) is 13.1. The molecule has 1 heteroatoms. The van der Waals surface area contributed by atoms with Crippen molar-refractivity contribution in [1.29, 1.82) is 0 Å². The predicted molar refractivity (Wildman–Crippen MR) is 78.8 cm³/mol. The fourth-order valence-corrected chi connectivity index (χ4v) is 2.75. The summed E-state index contributed by atoms with van der Waals surface area (Å²) in [7, 11) is 0. The fourth-order valence-electron chi connectivity index (χ4n) is 2.75. The van der Waals surface area contributed by atoms with E-state index < -0.39 is 0 Å². The van der Waals surface area contributed by atoms with Crippen molar-refractivity contribution >= 4 is 5.78 Å². The molecule has 0 aromatic rings.